The van der Waals surface area contributed by atoms with E-state index in [1.165, 1.54) is 5.56 Å². The molecule has 3 heterocycles. The van der Waals surface area contributed by atoms with E-state index < -0.39 is 0 Å². The van der Waals surface area contributed by atoms with Crippen LogP contribution in [0.4, 0.5) is 11.6 Å². The SMILES string of the molecule is CC(C)c1ccc(-c2cn3ccnc3c(NCCNc3ccc(C#N)cn3)n2)cc1. The summed E-state index contributed by atoms with van der Waals surface area (Å²) in [6, 6.07) is 14.1. The van der Waals surface area contributed by atoms with E-state index in [2.05, 4.69) is 64.8 Å². The van der Waals surface area contributed by atoms with Crippen LogP contribution in [0.15, 0.2) is 61.2 Å². The topological polar surface area (TPSA) is 90.9 Å². The van der Waals surface area contributed by atoms with Crippen LogP contribution in [0.25, 0.3) is 16.9 Å². The van der Waals surface area contributed by atoms with Crippen molar-refractivity contribution in [3.63, 3.8) is 0 Å². The highest BCUT2D eigenvalue weighted by Gasteiger charge is 2.09. The van der Waals surface area contributed by atoms with Gasteiger partial charge in [-0.25, -0.2) is 15.0 Å². The second-order valence-corrected chi connectivity index (χ2v) is 7.31. The molecule has 7 heteroatoms. The first-order chi connectivity index (χ1) is 14.6. The van der Waals surface area contributed by atoms with E-state index in [4.69, 9.17) is 10.2 Å². The fourth-order valence-electron chi connectivity index (χ4n) is 3.16. The number of hydrogen-bond acceptors (Lipinski definition) is 6. The van der Waals surface area contributed by atoms with Crippen molar-refractivity contribution in [2.24, 2.45) is 0 Å². The van der Waals surface area contributed by atoms with Gasteiger partial charge in [-0.2, -0.15) is 5.26 Å². The van der Waals surface area contributed by atoms with Crippen LogP contribution < -0.4 is 10.6 Å². The predicted octanol–water partition coefficient (Wildman–Crippen LogP) is 4.31. The second-order valence-electron chi connectivity index (χ2n) is 7.31. The van der Waals surface area contributed by atoms with Crippen molar-refractivity contribution in [1.82, 2.24) is 19.4 Å². The minimum absolute atomic E-state index is 0.499. The number of aromatic nitrogens is 4. The Morgan fingerprint density at radius 3 is 2.53 bits per heavy atom. The van der Waals surface area contributed by atoms with Crippen LogP contribution in [-0.2, 0) is 0 Å². The van der Waals surface area contributed by atoms with Crippen LogP contribution in [-0.4, -0.2) is 32.4 Å². The van der Waals surface area contributed by atoms with E-state index in [0.29, 0.717) is 24.6 Å². The van der Waals surface area contributed by atoms with Crippen molar-refractivity contribution in [2.75, 3.05) is 23.7 Å². The number of nitrogens with zero attached hydrogens (tertiary/aromatic N) is 5. The van der Waals surface area contributed by atoms with E-state index >= 15 is 0 Å². The van der Waals surface area contributed by atoms with Gasteiger partial charge in [-0.05, 0) is 23.6 Å². The third-order valence-corrected chi connectivity index (χ3v) is 4.86. The van der Waals surface area contributed by atoms with Gasteiger partial charge in [0, 0.05) is 43.4 Å². The van der Waals surface area contributed by atoms with E-state index in [1.54, 1.807) is 24.5 Å². The maximum absolute atomic E-state index is 8.84. The molecule has 0 aliphatic carbocycles. The zero-order valence-electron chi connectivity index (χ0n) is 17.0. The molecule has 30 heavy (non-hydrogen) atoms. The van der Waals surface area contributed by atoms with Gasteiger partial charge in [0.2, 0.25) is 0 Å². The minimum atomic E-state index is 0.499. The average molecular weight is 397 g/mol. The number of nitriles is 1. The Morgan fingerprint density at radius 1 is 1.03 bits per heavy atom. The molecule has 0 atom stereocenters. The maximum atomic E-state index is 8.84. The predicted molar refractivity (Wildman–Crippen MR) is 118 cm³/mol. The molecule has 3 aromatic heterocycles. The van der Waals surface area contributed by atoms with Crippen LogP contribution >= 0.6 is 0 Å². The van der Waals surface area contributed by atoms with Crippen molar-refractivity contribution in [2.45, 2.75) is 19.8 Å². The first kappa shape index (κ1) is 19.4. The van der Waals surface area contributed by atoms with E-state index in [-0.39, 0.29) is 0 Å². The maximum Gasteiger partial charge on any atom is 0.180 e. The fraction of sp³-hybridized carbons (Fsp3) is 0.217. The van der Waals surface area contributed by atoms with E-state index in [1.807, 2.05) is 16.8 Å². The normalized spacial score (nSPS) is 10.9. The van der Waals surface area contributed by atoms with Gasteiger partial charge >= 0.3 is 0 Å². The molecule has 0 fully saturated rings. The number of pyridine rings is 1. The number of anilines is 2. The fourth-order valence-corrected chi connectivity index (χ4v) is 3.16. The molecule has 4 aromatic rings. The summed E-state index contributed by atoms with van der Waals surface area (Å²) in [5, 5.41) is 15.4. The third kappa shape index (κ3) is 4.23. The van der Waals surface area contributed by atoms with Crippen LogP contribution in [0.2, 0.25) is 0 Å². The van der Waals surface area contributed by atoms with Crippen LogP contribution in [0.1, 0.15) is 30.9 Å². The molecule has 0 saturated heterocycles. The molecular formula is C23H23N7. The molecule has 0 saturated carbocycles. The number of rotatable bonds is 7. The quantitative estimate of drug-likeness (QED) is 0.452. The van der Waals surface area contributed by atoms with Gasteiger partial charge < -0.3 is 15.0 Å². The molecule has 0 radical (unpaired) electrons. The lowest BCUT2D eigenvalue weighted by Gasteiger charge is -2.11. The van der Waals surface area contributed by atoms with Gasteiger partial charge in [0.15, 0.2) is 11.5 Å². The largest absolute Gasteiger partial charge is 0.368 e. The molecule has 0 aliphatic rings. The van der Waals surface area contributed by atoms with Crippen molar-refractivity contribution in [3.8, 4) is 17.3 Å². The van der Waals surface area contributed by atoms with Crippen LogP contribution in [0, 0.1) is 11.3 Å². The molecule has 0 spiro atoms. The third-order valence-electron chi connectivity index (χ3n) is 4.86. The first-order valence-electron chi connectivity index (χ1n) is 9.92. The Morgan fingerprint density at radius 2 is 1.83 bits per heavy atom. The lowest BCUT2D eigenvalue weighted by Crippen LogP contribution is -2.15. The van der Waals surface area contributed by atoms with Crippen LogP contribution in [0.5, 0.6) is 0 Å². The Labute approximate surface area is 175 Å². The smallest absolute Gasteiger partial charge is 0.180 e. The van der Waals surface area contributed by atoms with Crippen molar-refractivity contribution in [3.05, 3.63) is 72.3 Å². The Hall–Kier alpha value is -3.92. The van der Waals surface area contributed by atoms with Gasteiger partial charge in [0.25, 0.3) is 0 Å². The minimum Gasteiger partial charge on any atom is -0.368 e. The number of hydrogen-bond donors (Lipinski definition) is 2. The first-order valence-corrected chi connectivity index (χ1v) is 9.92. The van der Waals surface area contributed by atoms with Gasteiger partial charge in [0.1, 0.15) is 11.9 Å². The van der Waals surface area contributed by atoms with Gasteiger partial charge in [0.05, 0.1) is 11.3 Å². The van der Waals surface area contributed by atoms with E-state index in [0.717, 1.165) is 28.5 Å². The van der Waals surface area contributed by atoms with Crippen molar-refractivity contribution >= 4 is 17.3 Å². The van der Waals surface area contributed by atoms with Gasteiger partial charge in [-0.3, -0.25) is 0 Å². The number of nitrogens with one attached hydrogen (secondary N) is 2. The average Bonchev–Trinajstić information content (AvgIpc) is 3.26. The highest BCUT2D eigenvalue weighted by atomic mass is 15.1. The molecule has 0 amide bonds. The Bertz CT molecular complexity index is 1170. The Kier molecular flexibility index (Phi) is 5.57. The summed E-state index contributed by atoms with van der Waals surface area (Å²) in [4.78, 5) is 13.4. The number of imidazole rings is 1. The van der Waals surface area contributed by atoms with Gasteiger partial charge in [-0.15, -0.1) is 0 Å². The zero-order chi connectivity index (χ0) is 20.9. The molecule has 7 nitrogen and oxygen atoms in total. The molecule has 2 N–H and O–H groups in total. The molecule has 0 bridgehead atoms. The zero-order valence-corrected chi connectivity index (χ0v) is 17.0. The molecule has 150 valence electrons. The second kappa shape index (κ2) is 8.62. The molecule has 4 rings (SSSR count). The summed E-state index contributed by atoms with van der Waals surface area (Å²) in [6.45, 7) is 5.68. The monoisotopic (exact) mass is 397 g/mol. The summed E-state index contributed by atoms with van der Waals surface area (Å²) in [5.74, 6) is 1.96. The highest BCUT2D eigenvalue weighted by molar-refractivity contribution is 5.69. The molecule has 0 aliphatic heterocycles. The lowest BCUT2D eigenvalue weighted by molar-refractivity contribution is 0.867. The highest BCUT2D eigenvalue weighted by Crippen LogP contribution is 2.24. The summed E-state index contributed by atoms with van der Waals surface area (Å²) in [5.41, 5.74) is 4.60. The standard InChI is InChI=1S/C23H23N7/c1-16(2)18-4-6-19(7-5-18)20-15-30-12-11-27-23(30)22(29-20)26-10-9-25-21-8-3-17(13-24)14-28-21/h3-8,11-12,14-16H,9-10H2,1-2H3,(H,25,28)(H,26,29). The summed E-state index contributed by atoms with van der Waals surface area (Å²) < 4.78 is 1.98. The number of benzene rings is 1. The molecule has 1 aromatic carbocycles. The summed E-state index contributed by atoms with van der Waals surface area (Å²) >= 11 is 0. The van der Waals surface area contributed by atoms with Crippen LogP contribution in [0.3, 0.4) is 0 Å². The Balaban J connectivity index is 1.47. The van der Waals surface area contributed by atoms with Gasteiger partial charge in [-0.1, -0.05) is 38.1 Å². The molecule has 0 unspecified atom stereocenters. The van der Waals surface area contributed by atoms with Crippen molar-refractivity contribution in [1.29, 1.82) is 5.26 Å². The van der Waals surface area contributed by atoms with Crippen molar-refractivity contribution < 1.29 is 0 Å². The summed E-state index contributed by atoms with van der Waals surface area (Å²) in [6.07, 6.45) is 7.25. The van der Waals surface area contributed by atoms with E-state index in [9.17, 15) is 0 Å². The summed E-state index contributed by atoms with van der Waals surface area (Å²) in [7, 11) is 0. The molecular weight excluding hydrogens is 374 g/mol. The number of fused-ring (bicyclic) bond motifs is 1. The lowest BCUT2D eigenvalue weighted by atomic mass is 10.0.